The average molecular weight is 300 g/mol. The van der Waals surface area contributed by atoms with Crippen LogP contribution >= 0.6 is 15.9 Å². The van der Waals surface area contributed by atoms with Crippen molar-refractivity contribution in [3.63, 3.8) is 0 Å². The zero-order chi connectivity index (χ0) is 12.5. The zero-order valence-corrected chi connectivity index (χ0v) is 12.0. The maximum atomic E-state index is 13.0. The van der Waals surface area contributed by atoms with Crippen LogP contribution in [0, 0.1) is 11.2 Å². The first-order valence-corrected chi connectivity index (χ1v) is 6.98. The molecule has 0 aliphatic heterocycles. The first-order chi connectivity index (χ1) is 8.00. The van der Waals surface area contributed by atoms with Gasteiger partial charge in [0.15, 0.2) is 0 Å². The van der Waals surface area contributed by atoms with Crippen molar-refractivity contribution in [1.82, 2.24) is 5.32 Å². The van der Waals surface area contributed by atoms with Crippen LogP contribution in [0.4, 0.5) is 4.39 Å². The molecule has 17 heavy (non-hydrogen) atoms. The molecule has 0 radical (unpaired) electrons. The average Bonchev–Trinajstić information content (AvgIpc) is 2.23. The molecule has 0 aromatic heterocycles. The van der Waals surface area contributed by atoms with E-state index in [9.17, 15) is 4.39 Å². The molecule has 2 rings (SSSR count). The highest BCUT2D eigenvalue weighted by atomic mass is 79.9. The molecule has 1 saturated carbocycles. The molecule has 0 heterocycles. The van der Waals surface area contributed by atoms with Gasteiger partial charge in [-0.15, -0.1) is 0 Å². The van der Waals surface area contributed by atoms with Crippen molar-refractivity contribution >= 4 is 15.9 Å². The molecular weight excluding hydrogens is 281 g/mol. The lowest BCUT2D eigenvalue weighted by Crippen LogP contribution is -2.38. The Hall–Kier alpha value is -0.410. The van der Waals surface area contributed by atoms with E-state index in [-0.39, 0.29) is 11.9 Å². The molecule has 1 nitrogen and oxygen atoms in total. The van der Waals surface area contributed by atoms with Crippen molar-refractivity contribution in [3.05, 3.63) is 34.1 Å². The van der Waals surface area contributed by atoms with Crippen molar-refractivity contribution < 1.29 is 4.39 Å². The monoisotopic (exact) mass is 299 g/mol. The molecule has 3 heteroatoms. The van der Waals surface area contributed by atoms with Gasteiger partial charge in [-0.25, -0.2) is 4.39 Å². The third kappa shape index (κ3) is 3.08. The SMILES string of the molecule is CC(NCC1(C)CCC1)c1ccc(F)cc1Br. The highest BCUT2D eigenvalue weighted by molar-refractivity contribution is 9.10. The van der Waals surface area contributed by atoms with E-state index in [1.807, 2.05) is 6.07 Å². The summed E-state index contributed by atoms with van der Waals surface area (Å²) in [7, 11) is 0. The van der Waals surface area contributed by atoms with Gasteiger partial charge in [-0.1, -0.05) is 35.3 Å². The number of rotatable bonds is 4. The van der Waals surface area contributed by atoms with Crippen LogP contribution < -0.4 is 5.32 Å². The van der Waals surface area contributed by atoms with Gasteiger partial charge in [0, 0.05) is 17.1 Å². The van der Waals surface area contributed by atoms with Gasteiger partial charge in [0.25, 0.3) is 0 Å². The Bertz CT molecular complexity index is 401. The fraction of sp³-hybridized carbons (Fsp3) is 0.571. The predicted molar refractivity (Wildman–Crippen MR) is 72.5 cm³/mol. The van der Waals surface area contributed by atoms with E-state index in [1.165, 1.54) is 31.4 Å². The summed E-state index contributed by atoms with van der Waals surface area (Å²) in [5.74, 6) is -0.196. The molecular formula is C14H19BrFN. The van der Waals surface area contributed by atoms with Gasteiger partial charge in [-0.05, 0) is 42.9 Å². The van der Waals surface area contributed by atoms with Gasteiger partial charge in [0.2, 0.25) is 0 Å². The first kappa shape index (κ1) is 13.0. The Labute approximate surface area is 111 Å². The Morgan fingerprint density at radius 2 is 2.18 bits per heavy atom. The van der Waals surface area contributed by atoms with Gasteiger partial charge in [-0.3, -0.25) is 0 Å². The maximum Gasteiger partial charge on any atom is 0.124 e. The fourth-order valence-corrected chi connectivity index (χ4v) is 3.01. The molecule has 1 atom stereocenters. The number of nitrogens with one attached hydrogen (secondary N) is 1. The molecule has 0 spiro atoms. The molecule has 1 N–H and O–H groups in total. The van der Waals surface area contributed by atoms with Gasteiger partial charge >= 0.3 is 0 Å². The highest BCUT2D eigenvalue weighted by Crippen LogP contribution is 2.40. The summed E-state index contributed by atoms with van der Waals surface area (Å²) < 4.78 is 13.8. The lowest BCUT2D eigenvalue weighted by Gasteiger charge is -2.39. The Kier molecular flexibility index (Phi) is 3.88. The molecule has 1 aliphatic rings. The van der Waals surface area contributed by atoms with Gasteiger partial charge in [-0.2, -0.15) is 0 Å². The second kappa shape index (κ2) is 5.07. The number of hydrogen-bond donors (Lipinski definition) is 1. The van der Waals surface area contributed by atoms with E-state index in [4.69, 9.17) is 0 Å². The summed E-state index contributed by atoms with van der Waals surface area (Å²) in [5, 5.41) is 3.55. The smallest absolute Gasteiger partial charge is 0.124 e. The van der Waals surface area contributed by atoms with Gasteiger partial charge in [0.1, 0.15) is 5.82 Å². The lowest BCUT2D eigenvalue weighted by atomic mass is 9.70. The maximum absolute atomic E-state index is 13.0. The second-order valence-corrected chi connectivity index (χ2v) is 6.29. The summed E-state index contributed by atoms with van der Waals surface area (Å²) in [5.41, 5.74) is 1.59. The van der Waals surface area contributed by atoms with Crippen molar-refractivity contribution in [2.24, 2.45) is 5.41 Å². The van der Waals surface area contributed by atoms with E-state index in [0.717, 1.165) is 16.6 Å². The van der Waals surface area contributed by atoms with Crippen LogP contribution in [0.3, 0.4) is 0 Å². The summed E-state index contributed by atoms with van der Waals surface area (Å²) >= 11 is 3.42. The van der Waals surface area contributed by atoms with Crippen molar-refractivity contribution in [2.75, 3.05) is 6.54 Å². The third-order valence-electron chi connectivity index (χ3n) is 3.82. The van der Waals surface area contributed by atoms with Crippen LogP contribution in [0.2, 0.25) is 0 Å². The quantitative estimate of drug-likeness (QED) is 0.867. The number of hydrogen-bond acceptors (Lipinski definition) is 1. The summed E-state index contributed by atoms with van der Waals surface area (Å²) in [4.78, 5) is 0. The summed E-state index contributed by atoms with van der Waals surface area (Å²) in [6.45, 7) is 5.49. The van der Waals surface area contributed by atoms with Crippen LogP contribution in [0.25, 0.3) is 0 Å². The van der Waals surface area contributed by atoms with Crippen molar-refractivity contribution in [1.29, 1.82) is 0 Å². The van der Waals surface area contributed by atoms with Crippen LogP contribution in [0.5, 0.6) is 0 Å². The lowest BCUT2D eigenvalue weighted by molar-refractivity contribution is 0.152. The van der Waals surface area contributed by atoms with Crippen LogP contribution in [-0.4, -0.2) is 6.54 Å². The van der Waals surface area contributed by atoms with Crippen molar-refractivity contribution in [2.45, 2.75) is 39.2 Å². The third-order valence-corrected chi connectivity index (χ3v) is 4.51. The second-order valence-electron chi connectivity index (χ2n) is 5.43. The fourth-order valence-electron chi connectivity index (χ4n) is 2.32. The number of halogens is 2. The molecule has 94 valence electrons. The van der Waals surface area contributed by atoms with Gasteiger partial charge in [0.05, 0.1) is 0 Å². The van der Waals surface area contributed by atoms with E-state index in [0.29, 0.717) is 5.41 Å². The predicted octanol–water partition coefficient (Wildman–Crippen LogP) is 4.43. The molecule has 0 saturated heterocycles. The highest BCUT2D eigenvalue weighted by Gasteiger charge is 2.31. The molecule has 1 aromatic rings. The summed E-state index contributed by atoms with van der Waals surface area (Å²) in [6, 6.07) is 5.14. The van der Waals surface area contributed by atoms with E-state index >= 15 is 0 Å². The first-order valence-electron chi connectivity index (χ1n) is 6.18. The molecule has 0 bridgehead atoms. The van der Waals surface area contributed by atoms with E-state index in [1.54, 1.807) is 0 Å². The Morgan fingerprint density at radius 3 is 2.71 bits per heavy atom. The standard InChI is InChI=1S/C14H19BrFN/c1-10(17-9-14(2)6-3-7-14)12-5-4-11(16)8-13(12)15/h4-5,8,10,17H,3,6-7,9H2,1-2H3. The topological polar surface area (TPSA) is 12.0 Å². The van der Waals surface area contributed by atoms with Crippen LogP contribution in [-0.2, 0) is 0 Å². The summed E-state index contributed by atoms with van der Waals surface area (Å²) in [6.07, 6.45) is 3.99. The minimum absolute atomic E-state index is 0.196. The normalized spacial score (nSPS) is 19.8. The molecule has 0 amide bonds. The molecule has 1 aromatic carbocycles. The van der Waals surface area contributed by atoms with Crippen LogP contribution in [0.1, 0.15) is 44.7 Å². The minimum atomic E-state index is -0.196. The molecule has 1 unspecified atom stereocenters. The van der Waals surface area contributed by atoms with Crippen LogP contribution in [0.15, 0.2) is 22.7 Å². The Morgan fingerprint density at radius 1 is 1.47 bits per heavy atom. The van der Waals surface area contributed by atoms with Crippen molar-refractivity contribution in [3.8, 4) is 0 Å². The zero-order valence-electron chi connectivity index (χ0n) is 10.4. The number of benzene rings is 1. The van der Waals surface area contributed by atoms with E-state index in [2.05, 4.69) is 35.1 Å². The molecule has 1 fully saturated rings. The van der Waals surface area contributed by atoms with E-state index < -0.39 is 0 Å². The van der Waals surface area contributed by atoms with Gasteiger partial charge < -0.3 is 5.32 Å². The minimum Gasteiger partial charge on any atom is -0.310 e. The largest absolute Gasteiger partial charge is 0.310 e. The molecule has 1 aliphatic carbocycles. The Balaban J connectivity index is 1.96.